The Morgan fingerprint density at radius 2 is 1.81 bits per heavy atom. The number of rotatable bonds is 4. The van der Waals surface area contributed by atoms with Crippen LogP contribution in [0.2, 0.25) is 0 Å². The molecule has 0 atom stereocenters. The SMILES string of the molecule is O=C(Nc1cnccn1)c1ccc([N+](=O)[O-])c([N+](=O)[O-])c1. The van der Waals surface area contributed by atoms with E-state index in [0.717, 1.165) is 18.2 Å². The predicted octanol–water partition coefficient (Wildman–Crippen LogP) is 1.55. The molecule has 1 aromatic heterocycles. The number of carbonyl (C=O) groups is 1. The molecule has 2 rings (SSSR count). The zero-order valence-corrected chi connectivity index (χ0v) is 10.3. The molecule has 10 nitrogen and oxygen atoms in total. The molecule has 0 spiro atoms. The van der Waals surface area contributed by atoms with E-state index < -0.39 is 27.1 Å². The standard InChI is InChI=1S/C11H7N5O5/c17-11(14-10-6-12-3-4-13-10)7-1-2-8(15(18)19)9(5-7)16(20)21/h1-6H,(H,13,14,17). The third-order valence-electron chi connectivity index (χ3n) is 2.44. The molecule has 1 N–H and O–H groups in total. The molecule has 0 unspecified atom stereocenters. The summed E-state index contributed by atoms with van der Waals surface area (Å²) in [5, 5.41) is 23.9. The lowest BCUT2D eigenvalue weighted by Crippen LogP contribution is -2.13. The van der Waals surface area contributed by atoms with Crippen LogP contribution >= 0.6 is 0 Å². The molecule has 21 heavy (non-hydrogen) atoms. The molecule has 106 valence electrons. The van der Waals surface area contributed by atoms with Gasteiger partial charge in [-0.15, -0.1) is 0 Å². The summed E-state index contributed by atoms with van der Waals surface area (Å²) in [5.41, 5.74) is -1.54. The van der Waals surface area contributed by atoms with Crippen LogP contribution in [0.15, 0.2) is 36.8 Å². The van der Waals surface area contributed by atoms with Crippen LogP contribution in [-0.2, 0) is 0 Å². The molecular weight excluding hydrogens is 282 g/mol. The van der Waals surface area contributed by atoms with Crippen molar-refractivity contribution in [3.05, 3.63) is 62.6 Å². The summed E-state index contributed by atoms with van der Waals surface area (Å²) < 4.78 is 0. The van der Waals surface area contributed by atoms with E-state index >= 15 is 0 Å². The number of hydrogen-bond donors (Lipinski definition) is 1. The fraction of sp³-hybridized carbons (Fsp3) is 0. The lowest BCUT2D eigenvalue weighted by molar-refractivity contribution is -0.422. The van der Waals surface area contributed by atoms with E-state index in [-0.39, 0.29) is 11.4 Å². The van der Waals surface area contributed by atoms with Crippen LogP contribution in [0, 0.1) is 20.2 Å². The topological polar surface area (TPSA) is 141 Å². The largest absolute Gasteiger partial charge is 0.346 e. The van der Waals surface area contributed by atoms with E-state index in [1.165, 1.54) is 18.6 Å². The number of amides is 1. The Bertz CT molecular complexity index is 718. The van der Waals surface area contributed by atoms with Crippen molar-refractivity contribution < 1.29 is 14.6 Å². The summed E-state index contributed by atoms with van der Waals surface area (Å²) >= 11 is 0. The predicted molar refractivity (Wildman–Crippen MR) is 69.7 cm³/mol. The highest BCUT2D eigenvalue weighted by molar-refractivity contribution is 6.04. The zero-order chi connectivity index (χ0) is 15.4. The highest BCUT2D eigenvalue weighted by Gasteiger charge is 2.25. The molecule has 0 radical (unpaired) electrons. The Balaban J connectivity index is 2.32. The van der Waals surface area contributed by atoms with Crippen LogP contribution < -0.4 is 5.32 Å². The van der Waals surface area contributed by atoms with Crippen LogP contribution in [0.3, 0.4) is 0 Å². The first kappa shape index (κ1) is 14.0. The third-order valence-corrected chi connectivity index (χ3v) is 2.44. The van der Waals surface area contributed by atoms with Crippen molar-refractivity contribution in [3.8, 4) is 0 Å². The fourth-order valence-electron chi connectivity index (χ4n) is 1.52. The van der Waals surface area contributed by atoms with Gasteiger partial charge in [0.25, 0.3) is 5.91 Å². The summed E-state index contributed by atoms with van der Waals surface area (Å²) in [5.74, 6) is -0.531. The van der Waals surface area contributed by atoms with Crippen molar-refractivity contribution in [2.45, 2.75) is 0 Å². The minimum atomic E-state index is -0.919. The molecule has 0 bridgehead atoms. The molecule has 1 amide bonds. The number of nitrogens with one attached hydrogen (secondary N) is 1. The average molecular weight is 289 g/mol. The highest BCUT2D eigenvalue weighted by Crippen LogP contribution is 2.27. The van der Waals surface area contributed by atoms with Gasteiger partial charge in [0.2, 0.25) is 0 Å². The maximum absolute atomic E-state index is 11.9. The van der Waals surface area contributed by atoms with E-state index in [2.05, 4.69) is 15.3 Å². The third kappa shape index (κ3) is 3.12. The Hall–Kier alpha value is -3.43. The van der Waals surface area contributed by atoms with E-state index in [1.54, 1.807) is 0 Å². The van der Waals surface area contributed by atoms with Gasteiger partial charge in [-0.3, -0.25) is 30.0 Å². The molecule has 0 aliphatic carbocycles. The molecule has 0 aliphatic rings. The first-order chi connectivity index (χ1) is 9.99. The molecule has 0 aliphatic heterocycles. The van der Waals surface area contributed by atoms with Crippen LogP contribution in [0.4, 0.5) is 17.2 Å². The van der Waals surface area contributed by atoms with Gasteiger partial charge in [-0.1, -0.05) is 0 Å². The van der Waals surface area contributed by atoms with Gasteiger partial charge in [0.05, 0.1) is 16.0 Å². The van der Waals surface area contributed by atoms with Crippen molar-refractivity contribution in [3.63, 3.8) is 0 Å². The van der Waals surface area contributed by atoms with Gasteiger partial charge in [0.15, 0.2) is 5.82 Å². The number of aromatic nitrogens is 2. The second-order valence-electron chi connectivity index (χ2n) is 3.76. The maximum Gasteiger partial charge on any atom is 0.346 e. The van der Waals surface area contributed by atoms with Crippen LogP contribution in [-0.4, -0.2) is 25.7 Å². The van der Waals surface area contributed by atoms with Gasteiger partial charge >= 0.3 is 11.4 Å². The van der Waals surface area contributed by atoms with Crippen molar-refractivity contribution in [2.75, 3.05) is 5.32 Å². The Labute approximate surface area is 116 Å². The van der Waals surface area contributed by atoms with Crippen molar-refractivity contribution in [1.82, 2.24) is 9.97 Å². The van der Waals surface area contributed by atoms with Crippen LogP contribution in [0.25, 0.3) is 0 Å². The molecule has 0 saturated heterocycles. The molecule has 1 heterocycles. The van der Waals surface area contributed by atoms with Crippen molar-refractivity contribution in [1.29, 1.82) is 0 Å². The lowest BCUT2D eigenvalue weighted by Gasteiger charge is -2.03. The Morgan fingerprint density at radius 1 is 1.10 bits per heavy atom. The molecular formula is C11H7N5O5. The van der Waals surface area contributed by atoms with Gasteiger partial charge < -0.3 is 5.32 Å². The Kier molecular flexibility index (Phi) is 3.79. The smallest absolute Gasteiger partial charge is 0.305 e. The minimum absolute atomic E-state index is 0.0991. The van der Waals surface area contributed by atoms with Crippen molar-refractivity contribution in [2.24, 2.45) is 0 Å². The monoisotopic (exact) mass is 289 g/mol. The minimum Gasteiger partial charge on any atom is -0.305 e. The van der Waals surface area contributed by atoms with E-state index in [0.29, 0.717) is 0 Å². The van der Waals surface area contributed by atoms with Gasteiger partial charge in [-0.25, -0.2) is 4.98 Å². The number of nitrogens with zero attached hydrogens (tertiary/aromatic N) is 4. The second-order valence-corrected chi connectivity index (χ2v) is 3.76. The number of nitro benzene ring substituents is 2. The maximum atomic E-state index is 11.9. The zero-order valence-electron chi connectivity index (χ0n) is 10.3. The quantitative estimate of drug-likeness (QED) is 0.664. The summed E-state index contributed by atoms with van der Waals surface area (Å²) in [6.45, 7) is 0. The van der Waals surface area contributed by atoms with Gasteiger partial charge in [-0.05, 0) is 6.07 Å². The summed E-state index contributed by atoms with van der Waals surface area (Å²) in [4.78, 5) is 39.1. The van der Waals surface area contributed by atoms with E-state index in [1.807, 2.05) is 0 Å². The van der Waals surface area contributed by atoms with E-state index in [4.69, 9.17) is 0 Å². The normalized spacial score (nSPS) is 9.90. The van der Waals surface area contributed by atoms with Crippen molar-refractivity contribution >= 4 is 23.1 Å². The van der Waals surface area contributed by atoms with Crippen LogP contribution in [0.1, 0.15) is 10.4 Å². The molecule has 0 saturated carbocycles. The number of carbonyl (C=O) groups excluding carboxylic acids is 1. The van der Waals surface area contributed by atoms with E-state index in [9.17, 15) is 25.0 Å². The average Bonchev–Trinajstić information content (AvgIpc) is 2.47. The highest BCUT2D eigenvalue weighted by atomic mass is 16.6. The first-order valence-electron chi connectivity index (χ1n) is 5.49. The molecule has 0 fully saturated rings. The summed E-state index contributed by atoms with van der Waals surface area (Å²) in [7, 11) is 0. The molecule has 1 aromatic carbocycles. The molecule has 10 heteroatoms. The number of benzene rings is 1. The number of nitro groups is 2. The Morgan fingerprint density at radius 3 is 2.38 bits per heavy atom. The van der Waals surface area contributed by atoms with Gasteiger partial charge in [0, 0.05) is 30.1 Å². The summed E-state index contributed by atoms with van der Waals surface area (Å²) in [6, 6.07) is 2.87. The number of anilines is 1. The molecule has 2 aromatic rings. The summed E-state index contributed by atoms with van der Waals surface area (Å²) in [6.07, 6.45) is 4.05. The van der Waals surface area contributed by atoms with Gasteiger partial charge in [0.1, 0.15) is 0 Å². The number of hydrogen-bond acceptors (Lipinski definition) is 7. The van der Waals surface area contributed by atoms with Gasteiger partial charge in [-0.2, -0.15) is 0 Å². The second kappa shape index (κ2) is 5.69. The fourth-order valence-corrected chi connectivity index (χ4v) is 1.52. The first-order valence-corrected chi connectivity index (χ1v) is 5.49. The lowest BCUT2D eigenvalue weighted by atomic mass is 10.1. The van der Waals surface area contributed by atoms with Crippen LogP contribution in [0.5, 0.6) is 0 Å².